The predicted molar refractivity (Wildman–Crippen MR) is 93.6 cm³/mol. The Morgan fingerprint density at radius 1 is 1.17 bits per heavy atom. The van der Waals surface area contributed by atoms with Crippen molar-refractivity contribution in [2.24, 2.45) is 0 Å². The first-order valence-corrected chi connectivity index (χ1v) is 7.58. The summed E-state index contributed by atoms with van der Waals surface area (Å²) in [7, 11) is 1.65. The number of nitrogens with one attached hydrogen (secondary N) is 2. The van der Waals surface area contributed by atoms with Crippen molar-refractivity contribution >= 4 is 29.3 Å². The molecule has 0 aliphatic carbocycles. The van der Waals surface area contributed by atoms with Crippen LogP contribution in [0.25, 0.3) is 11.8 Å². The van der Waals surface area contributed by atoms with Gasteiger partial charge < -0.3 is 14.6 Å². The number of ether oxygens (including phenoxy) is 1. The summed E-state index contributed by atoms with van der Waals surface area (Å²) in [5, 5.41) is 5.77. The van der Waals surface area contributed by atoms with Crippen LogP contribution in [0.4, 0.5) is 0 Å². The van der Waals surface area contributed by atoms with Gasteiger partial charge in [0, 0.05) is 17.1 Å². The molecular formula is C17H17N3O2S. The van der Waals surface area contributed by atoms with Crippen molar-refractivity contribution in [3.8, 4) is 11.4 Å². The number of nitrogens with zero attached hydrogens (tertiary/aromatic N) is 1. The van der Waals surface area contributed by atoms with E-state index >= 15 is 0 Å². The zero-order chi connectivity index (χ0) is 16.6. The molecule has 0 spiro atoms. The van der Waals surface area contributed by atoms with Gasteiger partial charge in [0.15, 0.2) is 5.11 Å². The van der Waals surface area contributed by atoms with Gasteiger partial charge in [-0.3, -0.25) is 10.1 Å². The SMILES string of the molecule is COc1ccc(-n2c(C)cc(/C=C3\NC(=S)NC3=O)c2C)cc1. The van der Waals surface area contributed by atoms with Gasteiger partial charge in [-0.15, -0.1) is 0 Å². The lowest BCUT2D eigenvalue weighted by molar-refractivity contribution is -0.115. The highest BCUT2D eigenvalue weighted by molar-refractivity contribution is 7.80. The zero-order valence-electron chi connectivity index (χ0n) is 13.1. The minimum atomic E-state index is -0.204. The third-order valence-corrected chi connectivity index (χ3v) is 4.02. The number of aromatic nitrogens is 1. The molecule has 5 nitrogen and oxygen atoms in total. The molecule has 1 aromatic carbocycles. The highest BCUT2D eigenvalue weighted by Gasteiger charge is 2.21. The van der Waals surface area contributed by atoms with Crippen LogP contribution in [-0.4, -0.2) is 22.7 Å². The average molecular weight is 327 g/mol. The van der Waals surface area contributed by atoms with Crippen molar-refractivity contribution in [2.45, 2.75) is 13.8 Å². The molecule has 1 saturated heterocycles. The van der Waals surface area contributed by atoms with Crippen molar-refractivity contribution in [1.82, 2.24) is 15.2 Å². The van der Waals surface area contributed by atoms with Gasteiger partial charge in [-0.1, -0.05) is 0 Å². The molecule has 0 unspecified atom stereocenters. The number of amides is 1. The molecular weight excluding hydrogens is 310 g/mol. The molecule has 1 fully saturated rings. The summed E-state index contributed by atoms with van der Waals surface area (Å²) >= 11 is 4.95. The molecule has 1 aromatic heterocycles. The topological polar surface area (TPSA) is 55.3 Å². The predicted octanol–water partition coefficient (Wildman–Crippen LogP) is 2.45. The second kappa shape index (κ2) is 5.89. The molecule has 3 rings (SSSR count). The lowest BCUT2D eigenvalue weighted by Gasteiger charge is -2.10. The molecule has 0 radical (unpaired) electrons. The molecule has 2 aromatic rings. The number of aryl methyl sites for hydroxylation is 1. The van der Waals surface area contributed by atoms with E-state index in [1.54, 1.807) is 7.11 Å². The smallest absolute Gasteiger partial charge is 0.273 e. The first-order chi connectivity index (χ1) is 11.0. The Morgan fingerprint density at radius 3 is 2.43 bits per heavy atom. The maximum Gasteiger partial charge on any atom is 0.273 e. The van der Waals surface area contributed by atoms with E-state index in [9.17, 15) is 4.79 Å². The van der Waals surface area contributed by atoms with Gasteiger partial charge in [0.25, 0.3) is 5.91 Å². The van der Waals surface area contributed by atoms with Crippen LogP contribution in [0.15, 0.2) is 36.0 Å². The molecule has 2 N–H and O–H groups in total. The highest BCUT2D eigenvalue weighted by Crippen LogP contribution is 2.24. The fourth-order valence-corrected chi connectivity index (χ4v) is 2.90. The molecule has 0 bridgehead atoms. The lowest BCUT2D eigenvalue weighted by Crippen LogP contribution is -2.21. The van der Waals surface area contributed by atoms with Crippen LogP contribution in [0.1, 0.15) is 17.0 Å². The van der Waals surface area contributed by atoms with Gasteiger partial charge in [-0.05, 0) is 68.0 Å². The summed E-state index contributed by atoms with van der Waals surface area (Å²) in [5.74, 6) is 0.614. The minimum Gasteiger partial charge on any atom is -0.497 e. The first-order valence-electron chi connectivity index (χ1n) is 7.17. The number of hydrogen-bond donors (Lipinski definition) is 2. The summed E-state index contributed by atoms with van der Waals surface area (Å²) in [6, 6.07) is 9.91. The van der Waals surface area contributed by atoms with Crippen LogP contribution in [0.3, 0.4) is 0 Å². The molecule has 1 aliphatic rings. The number of benzene rings is 1. The van der Waals surface area contributed by atoms with E-state index in [2.05, 4.69) is 15.2 Å². The van der Waals surface area contributed by atoms with Crippen LogP contribution >= 0.6 is 12.2 Å². The third-order valence-electron chi connectivity index (χ3n) is 3.82. The number of hydrogen-bond acceptors (Lipinski definition) is 3. The van der Waals surface area contributed by atoms with Crippen LogP contribution in [0, 0.1) is 13.8 Å². The summed E-state index contributed by atoms with van der Waals surface area (Å²) < 4.78 is 7.33. The average Bonchev–Trinajstić information content (AvgIpc) is 2.99. The van der Waals surface area contributed by atoms with Crippen LogP contribution in [0.2, 0.25) is 0 Å². The van der Waals surface area contributed by atoms with Crippen molar-refractivity contribution < 1.29 is 9.53 Å². The van der Waals surface area contributed by atoms with E-state index in [4.69, 9.17) is 17.0 Å². The monoisotopic (exact) mass is 327 g/mol. The number of carbonyl (C=O) groups excluding carboxylic acids is 1. The Bertz CT molecular complexity index is 819. The Kier molecular flexibility index (Phi) is 3.92. The van der Waals surface area contributed by atoms with E-state index in [-0.39, 0.29) is 5.91 Å². The van der Waals surface area contributed by atoms with Crippen molar-refractivity contribution in [3.05, 3.63) is 53.0 Å². The van der Waals surface area contributed by atoms with Crippen LogP contribution in [-0.2, 0) is 4.79 Å². The van der Waals surface area contributed by atoms with Crippen molar-refractivity contribution in [1.29, 1.82) is 0 Å². The number of methoxy groups -OCH3 is 1. The van der Waals surface area contributed by atoms with Gasteiger partial charge >= 0.3 is 0 Å². The van der Waals surface area contributed by atoms with E-state index in [0.717, 1.165) is 28.4 Å². The van der Waals surface area contributed by atoms with Crippen molar-refractivity contribution in [3.63, 3.8) is 0 Å². The molecule has 1 amide bonds. The van der Waals surface area contributed by atoms with Crippen LogP contribution < -0.4 is 15.4 Å². The maximum atomic E-state index is 11.8. The molecule has 2 heterocycles. The van der Waals surface area contributed by atoms with E-state index in [1.807, 2.05) is 50.3 Å². The molecule has 1 aliphatic heterocycles. The van der Waals surface area contributed by atoms with Gasteiger partial charge in [0.05, 0.1) is 7.11 Å². The Morgan fingerprint density at radius 2 is 1.87 bits per heavy atom. The Hall–Kier alpha value is -2.60. The molecule has 0 atom stereocenters. The minimum absolute atomic E-state index is 0.204. The zero-order valence-corrected chi connectivity index (χ0v) is 14.0. The molecule has 0 saturated carbocycles. The highest BCUT2D eigenvalue weighted by atomic mass is 32.1. The van der Waals surface area contributed by atoms with Crippen LogP contribution in [0.5, 0.6) is 5.75 Å². The van der Waals surface area contributed by atoms with Gasteiger partial charge in [0.1, 0.15) is 11.4 Å². The summed E-state index contributed by atoms with van der Waals surface area (Å²) in [6.07, 6.45) is 1.82. The number of rotatable bonds is 3. The lowest BCUT2D eigenvalue weighted by atomic mass is 10.2. The second-order valence-corrected chi connectivity index (χ2v) is 5.73. The summed E-state index contributed by atoms with van der Waals surface area (Å²) in [5.41, 5.74) is 4.61. The fourth-order valence-electron chi connectivity index (χ4n) is 2.70. The number of thiocarbonyl (C=S) groups is 1. The Balaban J connectivity index is 2.01. The standard InChI is InChI=1S/C17H17N3O2S/c1-10-8-12(9-15-16(21)19-17(23)18-15)11(2)20(10)13-4-6-14(22-3)7-5-13/h4-9H,1-3H3,(H2,18,19,21,23)/b15-9-. The Labute approximate surface area is 140 Å². The summed E-state index contributed by atoms with van der Waals surface area (Å²) in [6.45, 7) is 4.06. The largest absolute Gasteiger partial charge is 0.497 e. The fraction of sp³-hybridized carbons (Fsp3) is 0.176. The van der Waals surface area contributed by atoms with E-state index in [0.29, 0.717) is 10.8 Å². The summed E-state index contributed by atoms with van der Waals surface area (Å²) in [4.78, 5) is 11.8. The molecule has 6 heteroatoms. The second-order valence-electron chi connectivity index (χ2n) is 5.33. The van der Waals surface area contributed by atoms with E-state index in [1.165, 1.54) is 0 Å². The van der Waals surface area contributed by atoms with Gasteiger partial charge in [-0.25, -0.2) is 0 Å². The molecule has 118 valence electrons. The van der Waals surface area contributed by atoms with Gasteiger partial charge in [-0.2, -0.15) is 0 Å². The van der Waals surface area contributed by atoms with E-state index < -0.39 is 0 Å². The normalized spacial score (nSPS) is 15.7. The quantitative estimate of drug-likeness (QED) is 0.672. The maximum absolute atomic E-state index is 11.8. The number of carbonyl (C=O) groups is 1. The third kappa shape index (κ3) is 2.85. The van der Waals surface area contributed by atoms with Crippen molar-refractivity contribution in [2.75, 3.05) is 7.11 Å². The van der Waals surface area contributed by atoms with Gasteiger partial charge in [0.2, 0.25) is 0 Å². The molecule has 23 heavy (non-hydrogen) atoms. The first kappa shape index (κ1) is 15.3.